The molecular formula is C7H14O3. The van der Waals surface area contributed by atoms with Gasteiger partial charge >= 0.3 is 0 Å². The third-order valence-corrected chi connectivity index (χ3v) is 1.81. The first-order valence-electron chi connectivity index (χ1n) is 3.60. The Balaban J connectivity index is 2.28. The molecule has 0 radical (unpaired) electrons. The summed E-state index contributed by atoms with van der Waals surface area (Å²) in [7, 11) is 1.62. The fraction of sp³-hybridized carbons (Fsp3) is 1.00. The fourth-order valence-corrected chi connectivity index (χ4v) is 1.16. The highest BCUT2D eigenvalue weighted by atomic mass is 16.7. The van der Waals surface area contributed by atoms with Gasteiger partial charge in [-0.05, 0) is 13.3 Å². The molecule has 3 nitrogen and oxygen atoms in total. The molecule has 0 saturated carbocycles. The van der Waals surface area contributed by atoms with E-state index in [1.807, 2.05) is 0 Å². The minimum absolute atomic E-state index is 0.0232. The molecule has 1 N–H and O–H groups in total. The Morgan fingerprint density at radius 3 is 2.60 bits per heavy atom. The maximum atomic E-state index is 9.08. The highest BCUT2D eigenvalue weighted by Crippen LogP contribution is 2.21. The van der Waals surface area contributed by atoms with E-state index in [0.29, 0.717) is 0 Å². The largest absolute Gasteiger partial charge is 0.391 e. The van der Waals surface area contributed by atoms with Crippen LogP contribution in [0.1, 0.15) is 19.8 Å². The number of ether oxygens (including phenoxy) is 2. The number of methoxy groups -OCH3 is 1. The quantitative estimate of drug-likeness (QED) is 0.617. The molecule has 0 aromatic rings. The Hall–Kier alpha value is -0.120. The third-order valence-electron chi connectivity index (χ3n) is 1.81. The van der Waals surface area contributed by atoms with Crippen LogP contribution in [-0.4, -0.2) is 30.7 Å². The van der Waals surface area contributed by atoms with E-state index >= 15 is 0 Å². The Kier molecular flexibility index (Phi) is 2.65. The van der Waals surface area contributed by atoms with Crippen molar-refractivity contribution in [1.82, 2.24) is 0 Å². The van der Waals surface area contributed by atoms with E-state index in [-0.39, 0.29) is 18.5 Å². The van der Waals surface area contributed by atoms with Gasteiger partial charge in [0.1, 0.15) is 0 Å². The highest BCUT2D eigenvalue weighted by Gasteiger charge is 2.27. The predicted octanol–water partition coefficient (Wildman–Crippen LogP) is 0.519. The summed E-state index contributed by atoms with van der Waals surface area (Å²) in [6, 6.07) is 0. The molecule has 0 bridgehead atoms. The van der Waals surface area contributed by atoms with Crippen molar-refractivity contribution in [3.63, 3.8) is 0 Å². The summed E-state index contributed by atoms with van der Waals surface area (Å²) in [5, 5.41) is 9.08. The van der Waals surface area contributed by atoms with Crippen LogP contribution >= 0.6 is 0 Å². The smallest absolute Gasteiger partial charge is 0.157 e. The number of aliphatic hydroxyl groups excluding tert-OH is 1. The van der Waals surface area contributed by atoms with Gasteiger partial charge in [-0.15, -0.1) is 0 Å². The minimum atomic E-state index is -0.375. The Bertz CT molecular complexity index is 103. The number of hydrogen-bond acceptors (Lipinski definition) is 3. The van der Waals surface area contributed by atoms with Crippen molar-refractivity contribution in [2.75, 3.05) is 7.11 Å². The molecule has 1 saturated heterocycles. The number of rotatable bonds is 2. The summed E-state index contributed by atoms with van der Waals surface area (Å²) in [6.07, 6.45) is 1.30. The number of hydrogen-bond donors (Lipinski definition) is 1. The molecule has 0 spiro atoms. The van der Waals surface area contributed by atoms with Crippen molar-refractivity contribution in [2.45, 2.75) is 38.3 Å². The molecule has 1 aliphatic heterocycles. The maximum Gasteiger partial charge on any atom is 0.157 e. The first-order valence-corrected chi connectivity index (χ1v) is 3.60. The molecule has 1 aliphatic rings. The molecule has 60 valence electrons. The van der Waals surface area contributed by atoms with Gasteiger partial charge < -0.3 is 14.6 Å². The van der Waals surface area contributed by atoms with Crippen LogP contribution in [-0.2, 0) is 9.47 Å². The van der Waals surface area contributed by atoms with Gasteiger partial charge in [-0.2, -0.15) is 0 Å². The van der Waals surface area contributed by atoms with Gasteiger partial charge in [0.15, 0.2) is 6.29 Å². The van der Waals surface area contributed by atoms with Crippen molar-refractivity contribution in [3.8, 4) is 0 Å². The van der Waals surface area contributed by atoms with Crippen molar-refractivity contribution >= 4 is 0 Å². The Morgan fingerprint density at radius 1 is 1.60 bits per heavy atom. The summed E-state index contributed by atoms with van der Waals surface area (Å²) in [4.78, 5) is 0. The molecule has 1 fully saturated rings. The van der Waals surface area contributed by atoms with E-state index in [1.165, 1.54) is 0 Å². The normalized spacial score (nSPS) is 36.3. The monoisotopic (exact) mass is 146 g/mol. The van der Waals surface area contributed by atoms with Gasteiger partial charge in [0.05, 0.1) is 12.2 Å². The lowest BCUT2D eigenvalue weighted by molar-refractivity contribution is -0.135. The molecule has 3 heteroatoms. The SMILES string of the molecule is COC1CC[C@H]([C@H](C)O)O1. The average Bonchev–Trinajstić information content (AvgIpc) is 2.34. The second kappa shape index (κ2) is 3.32. The molecule has 1 rings (SSSR count). The van der Waals surface area contributed by atoms with E-state index in [4.69, 9.17) is 14.6 Å². The van der Waals surface area contributed by atoms with E-state index in [9.17, 15) is 0 Å². The molecule has 0 amide bonds. The topological polar surface area (TPSA) is 38.7 Å². The third kappa shape index (κ3) is 1.68. The lowest BCUT2D eigenvalue weighted by Gasteiger charge is -2.14. The van der Waals surface area contributed by atoms with Gasteiger partial charge in [-0.3, -0.25) is 0 Å². The van der Waals surface area contributed by atoms with Crippen LogP contribution in [0.25, 0.3) is 0 Å². The summed E-state index contributed by atoms with van der Waals surface area (Å²) in [6.45, 7) is 1.74. The molecular weight excluding hydrogens is 132 g/mol. The summed E-state index contributed by atoms with van der Waals surface area (Å²) in [5.74, 6) is 0. The molecule has 0 aromatic carbocycles. The van der Waals surface area contributed by atoms with E-state index < -0.39 is 0 Å². The molecule has 1 unspecified atom stereocenters. The second-order valence-electron chi connectivity index (χ2n) is 2.66. The van der Waals surface area contributed by atoms with Crippen molar-refractivity contribution < 1.29 is 14.6 Å². The maximum absolute atomic E-state index is 9.08. The van der Waals surface area contributed by atoms with Crippen LogP contribution in [0.15, 0.2) is 0 Å². The van der Waals surface area contributed by atoms with Crippen molar-refractivity contribution in [3.05, 3.63) is 0 Å². The molecule has 0 aromatic heterocycles. The van der Waals surface area contributed by atoms with Crippen LogP contribution in [0.3, 0.4) is 0 Å². The number of aliphatic hydroxyl groups is 1. The van der Waals surface area contributed by atoms with Gasteiger partial charge in [0.2, 0.25) is 0 Å². The lowest BCUT2D eigenvalue weighted by Crippen LogP contribution is -2.23. The van der Waals surface area contributed by atoms with Gasteiger partial charge in [-0.1, -0.05) is 0 Å². The average molecular weight is 146 g/mol. The van der Waals surface area contributed by atoms with Crippen molar-refractivity contribution in [2.24, 2.45) is 0 Å². The van der Waals surface area contributed by atoms with Crippen LogP contribution in [0.2, 0.25) is 0 Å². The van der Waals surface area contributed by atoms with Crippen LogP contribution in [0.4, 0.5) is 0 Å². The minimum Gasteiger partial charge on any atom is -0.391 e. The van der Waals surface area contributed by atoms with Crippen molar-refractivity contribution in [1.29, 1.82) is 0 Å². The standard InChI is InChI=1S/C7H14O3/c1-5(8)6-3-4-7(9-2)10-6/h5-8H,3-4H2,1-2H3/t5-,6+,7?/m0/s1. The van der Waals surface area contributed by atoms with Gasteiger partial charge in [0.25, 0.3) is 0 Å². The molecule has 10 heavy (non-hydrogen) atoms. The summed E-state index contributed by atoms with van der Waals surface area (Å²) >= 11 is 0. The highest BCUT2D eigenvalue weighted by molar-refractivity contribution is 4.72. The zero-order valence-corrected chi connectivity index (χ0v) is 6.41. The zero-order chi connectivity index (χ0) is 7.56. The van der Waals surface area contributed by atoms with E-state index in [0.717, 1.165) is 12.8 Å². The lowest BCUT2D eigenvalue weighted by atomic mass is 10.1. The summed E-state index contributed by atoms with van der Waals surface area (Å²) < 4.78 is 10.3. The second-order valence-corrected chi connectivity index (χ2v) is 2.66. The zero-order valence-electron chi connectivity index (χ0n) is 6.41. The van der Waals surface area contributed by atoms with Crippen LogP contribution in [0, 0.1) is 0 Å². The van der Waals surface area contributed by atoms with E-state index in [2.05, 4.69) is 0 Å². The summed E-state index contributed by atoms with van der Waals surface area (Å²) in [5.41, 5.74) is 0. The van der Waals surface area contributed by atoms with Gasteiger partial charge in [0, 0.05) is 13.5 Å². The van der Waals surface area contributed by atoms with Crippen LogP contribution in [0.5, 0.6) is 0 Å². The molecule has 0 aliphatic carbocycles. The fourth-order valence-electron chi connectivity index (χ4n) is 1.16. The van der Waals surface area contributed by atoms with Crippen LogP contribution < -0.4 is 0 Å². The molecule has 3 atom stereocenters. The Labute approximate surface area is 60.9 Å². The van der Waals surface area contributed by atoms with E-state index in [1.54, 1.807) is 14.0 Å². The first kappa shape index (κ1) is 7.98. The predicted molar refractivity (Wildman–Crippen MR) is 36.6 cm³/mol. The Morgan fingerprint density at radius 2 is 2.30 bits per heavy atom. The van der Waals surface area contributed by atoms with Gasteiger partial charge in [-0.25, -0.2) is 0 Å². The molecule has 1 heterocycles. The first-order chi connectivity index (χ1) is 4.74.